The van der Waals surface area contributed by atoms with Crippen LogP contribution in [-0.2, 0) is 4.79 Å². The van der Waals surface area contributed by atoms with Crippen LogP contribution in [-0.4, -0.2) is 58.2 Å². The van der Waals surface area contributed by atoms with E-state index in [1.165, 1.54) is 17.8 Å². The Balaban J connectivity index is 1.95. The van der Waals surface area contributed by atoms with Gasteiger partial charge in [-0.25, -0.2) is 0 Å². The summed E-state index contributed by atoms with van der Waals surface area (Å²) in [5.41, 5.74) is 0.177. The molecule has 1 fully saturated rings. The van der Waals surface area contributed by atoms with E-state index in [0.29, 0.717) is 24.3 Å². The van der Waals surface area contributed by atoms with Gasteiger partial charge in [0.15, 0.2) is 0 Å². The van der Waals surface area contributed by atoms with Crippen LogP contribution in [0.1, 0.15) is 30.1 Å². The van der Waals surface area contributed by atoms with Crippen LogP contribution >= 0.6 is 11.8 Å². The smallest absolute Gasteiger partial charge is 0.317 e. The maximum absolute atomic E-state index is 12.3. The molecular weight excluding hydrogens is 346 g/mol. The third-order valence-corrected chi connectivity index (χ3v) is 5.13. The summed E-state index contributed by atoms with van der Waals surface area (Å²) in [6, 6.07) is 4.54. The molecule has 0 spiro atoms. The van der Waals surface area contributed by atoms with Crippen LogP contribution in [0.3, 0.4) is 0 Å². The standard InChI is InChI=1S/C16H21N3O5S/c1-3-18(9-15(20)21)12-7-11(8-12)17-16(22)10-4-5-14(25-2)13(6-10)19(23)24/h4-6,11-12H,3,7-9H2,1-2H3,(H,17,22)(H,20,21). The van der Waals surface area contributed by atoms with Gasteiger partial charge in [0.1, 0.15) is 0 Å². The van der Waals surface area contributed by atoms with Gasteiger partial charge >= 0.3 is 5.97 Å². The first-order valence-corrected chi connectivity index (χ1v) is 9.17. The van der Waals surface area contributed by atoms with Crippen molar-refractivity contribution in [2.75, 3.05) is 19.3 Å². The Morgan fingerprint density at radius 1 is 1.44 bits per heavy atom. The van der Waals surface area contributed by atoms with E-state index in [1.54, 1.807) is 18.4 Å². The Hall–Kier alpha value is -2.13. The minimum atomic E-state index is -0.865. The fourth-order valence-corrected chi connectivity index (χ4v) is 3.47. The number of carbonyl (C=O) groups is 2. The highest BCUT2D eigenvalue weighted by Crippen LogP contribution is 2.29. The van der Waals surface area contributed by atoms with Crippen LogP contribution in [0.25, 0.3) is 0 Å². The van der Waals surface area contributed by atoms with Crippen LogP contribution in [0, 0.1) is 10.1 Å². The second-order valence-corrected chi connectivity index (χ2v) is 6.74. The molecule has 0 bridgehead atoms. The number of nitro groups is 1. The number of rotatable bonds is 8. The number of amides is 1. The predicted octanol–water partition coefficient (Wildman–Crippen LogP) is 1.98. The van der Waals surface area contributed by atoms with Crippen LogP contribution < -0.4 is 5.32 Å². The number of aliphatic carboxylic acids is 1. The van der Waals surface area contributed by atoms with Crippen molar-refractivity contribution in [3.8, 4) is 0 Å². The molecule has 25 heavy (non-hydrogen) atoms. The largest absolute Gasteiger partial charge is 0.480 e. The Morgan fingerprint density at radius 3 is 2.64 bits per heavy atom. The van der Waals surface area contributed by atoms with Gasteiger partial charge in [0.05, 0.1) is 16.4 Å². The van der Waals surface area contributed by atoms with Crippen LogP contribution in [0.5, 0.6) is 0 Å². The Kier molecular flexibility index (Phi) is 6.38. The van der Waals surface area contributed by atoms with Crippen molar-refractivity contribution in [2.45, 2.75) is 36.7 Å². The summed E-state index contributed by atoms with van der Waals surface area (Å²) in [5.74, 6) is -1.21. The maximum atomic E-state index is 12.3. The van der Waals surface area contributed by atoms with Crippen LogP contribution in [0.15, 0.2) is 23.1 Å². The number of likely N-dealkylation sites (N-methyl/N-ethyl adjacent to an activating group) is 1. The summed E-state index contributed by atoms with van der Waals surface area (Å²) in [4.78, 5) is 36.1. The van der Waals surface area contributed by atoms with Gasteiger partial charge in [0.25, 0.3) is 11.6 Å². The van der Waals surface area contributed by atoms with Gasteiger partial charge in [0.2, 0.25) is 0 Å². The number of thioether (sulfide) groups is 1. The van der Waals surface area contributed by atoms with Crippen molar-refractivity contribution in [2.24, 2.45) is 0 Å². The van der Waals surface area contributed by atoms with Gasteiger partial charge in [-0.2, -0.15) is 0 Å². The molecule has 9 heteroatoms. The van der Waals surface area contributed by atoms with Crippen molar-refractivity contribution in [1.82, 2.24) is 10.2 Å². The van der Waals surface area contributed by atoms with E-state index in [0.717, 1.165) is 0 Å². The molecule has 8 nitrogen and oxygen atoms in total. The van der Waals surface area contributed by atoms with Crippen LogP contribution in [0.4, 0.5) is 5.69 Å². The number of carbonyl (C=O) groups excluding carboxylic acids is 1. The summed E-state index contributed by atoms with van der Waals surface area (Å²) >= 11 is 1.26. The fourth-order valence-electron chi connectivity index (χ4n) is 2.92. The summed E-state index contributed by atoms with van der Waals surface area (Å²) in [7, 11) is 0. The molecule has 0 aliphatic heterocycles. The lowest BCUT2D eigenvalue weighted by molar-refractivity contribution is -0.387. The number of nitrogens with zero attached hydrogens (tertiary/aromatic N) is 2. The molecule has 0 saturated heterocycles. The lowest BCUT2D eigenvalue weighted by atomic mass is 9.85. The molecule has 1 aliphatic carbocycles. The van der Waals surface area contributed by atoms with E-state index in [2.05, 4.69) is 5.32 Å². The van der Waals surface area contributed by atoms with Crippen molar-refractivity contribution < 1.29 is 19.6 Å². The van der Waals surface area contributed by atoms with Gasteiger partial charge < -0.3 is 10.4 Å². The van der Waals surface area contributed by atoms with Gasteiger partial charge in [-0.1, -0.05) is 6.92 Å². The zero-order valence-corrected chi connectivity index (χ0v) is 14.9. The quantitative estimate of drug-likeness (QED) is 0.410. The second-order valence-electron chi connectivity index (χ2n) is 5.90. The number of nitro benzene ring substituents is 1. The Labute approximate surface area is 149 Å². The summed E-state index contributed by atoms with van der Waals surface area (Å²) < 4.78 is 0. The average Bonchev–Trinajstić information content (AvgIpc) is 2.54. The van der Waals surface area contributed by atoms with Gasteiger partial charge in [-0.15, -0.1) is 11.8 Å². The highest BCUT2D eigenvalue weighted by atomic mass is 32.2. The summed E-state index contributed by atoms with van der Waals surface area (Å²) in [6.45, 7) is 2.53. The van der Waals surface area contributed by atoms with E-state index in [-0.39, 0.29) is 35.8 Å². The van der Waals surface area contributed by atoms with Gasteiger partial charge in [-0.05, 0) is 37.8 Å². The number of carboxylic acid groups (broad SMARTS) is 1. The minimum absolute atomic E-state index is 0.00975. The predicted molar refractivity (Wildman–Crippen MR) is 94.0 cm³/mol. The molecule has 0 aromatic heterocycles. The molecule has 1 aromatic carbocycles. The van der Waals surface area contributed by atoms with Crippen molar-refractivity contribution in [1.29, 1.82) is 0 Å². The number of nitrogens with one attached hydrogen (secondary N) is 1. The number of carboxylic acids is 1. The average molecular weight is 367 g/mol. The third-order valence-electron chi connectivity index (χ3n) is 4.35. The van der Waals surface area contributed by atoms with E-state index in [9.17, 15) is 19.7 Å². The molecule has 2 N–H and O–H groups in total. The highest BCUT2D eigenvalue weighted by molar-refractivity contribution is 7.98. The molecule has 1 aromatic rings. The first-order valence-electron chi connectivity index (χ1n) is 7.94. The normalized spacial score (nSPS) is 19.3. The van der Waals surface area contributed by atoms with Gasteiger partial charge in [0, 0.05) is 23.7 Å². The van der Waals surface area contributed by atoms with E-state index < -0.39 is 10.9 Å². The zero-order valence-electron chi connectivity index (χ0n) is 14.1. The topological polar surface area (TPSA) is 113 Å². The molecular formula is C16H21N3O5S. The molecule has 1 saturated carbocycles. The van der Waals surface area contributed by atoms with Crippen LogP contribution in [0.2, 0.25) is 0 Å². The highest BCUT2D eigenvalue weighted by Gasteiger charge is 2.35. The fraction of sp³-hybridized carbons (Fsp3) is 0.500. The number of hydrogen-bond donors (Lipinski definition) is 2. The summed E-state index contributed by atoms with van der Waals surface area (Å²) in [6.07, 6.45) is 3.10. The monoisotopic (exact) mass is 367 g/mol. The number of benzene rings is 1. The summed E-state index contributed by atoms with van der Waals surface area (Å²) in [5, 5.41) is 22.8. The van der Waals surface area contributed by atoms with E-state index in [1.807, 2.05) is 11.8 Å². The molecule has 0 heterocycles. The number of hydrogen-bond acceptors (Lipinski definition) is 6. The van der Waals surface area contributed by atoms with Crippen molar-refractivity contribution >= 4 is 29.3 Å². The molecule has 0 radical (unpaired) electrons. The molecule has 136 valence electrons. The van der Waals surface area contributed by atoms with E-state index in [4.69, 9.17) is 5.11 Å². The Morgan fingerprint density at radius 2 is 2.12 bits per heavy atom. The minimum Gasteiger partial charge on any atom is -0.480 e. The lowest BCUT2D eigenvalue weighted by Crippen LogP contribution is -2.54. The zero-order chi connectivity index (χ0) is 18.6. The Bertz CT molecular complexity index is 676. The molecule has 1 amide bonds. The van der Waals surface area contributed by atoms with Crippen molar-refractivity contribution in [3.05, 3.63) is 33.9 Å². The molecule has 0 unspecified atom stereocenters. The van der Waals surface area contributed by atoms with E-state index >= 15 is 0 Å². The van der Waals surface area contributed by atoms with Crippen molar-refractivity contribution in [3.63, 3.8) is 0 Å². The first kappa shape index (κ1) is 19.2. The molecule has 0 atom stereocenters. The molecule has 2 rings (SSSR count). The SMILES string of the molecule is CCN(CC(=O)O)C1CC(NC(=O)c2ccc(SC)c([N+](=O)[O-])c2)C1. The first-order chi connectivity index (χ1) is 11.8. The molecule has 1 aliphatic rings. The lowest BCUT2D eigenvalue weighted by Gasteiger charge is -2.42. The second kappa shape index (κ2) is 8.30. The van der Waals surface area contributed by atoms with Gasteiger partial charge in [-0.3, -0.25) is 24.6 Å². The maximum Gasteiger partial charge on any atom is 0.317 e. The third kappa shape index (κ3) is 4.70.